The highest BCUT2D eigenvalue weighted by molar-refractivity contribution is 9.10. The highest BCUT2D eigenvalue weighted by atomic mass is 79.9. The Bertz CT molecular complexity index is 754. The summed E-state index contributed by atoms with van der Waals surface area (Å²) < 4.78 is 4.81. The minimum absolute atomic E-state index is 0.305. The number of halogens is 4. The normalized spacial score (nSPS) is 13.7. The van der Waals surface area contributed by atoms with Crippen LogP contribution in [0.25, 0.3) is 0 Å². The highest BCUT2D eigenvalue weighted by Crippen LogP contribution is 2.31. The maximum Gasteiger partial charge on any atom is 0.223 e. The molecule has 27 heavy (non-hydrogen) atoms. The van der Waals surface area contributed by atoms with Crippen molar-refractivity contribution in [3.8, 4) is 0 Å². The van der Waals surface area contributed by atoms with Crippen molar-refractivity contribution in [2.45, 2.75) is 23.1 Å². The standard InChI is InChI=1S/C18H19BrCl3N3OS/c1-11-3-5-12(6-4-11)15(26-2)24-16(18(20,21)22)25-17(27)23-14-9-7-13(19)8-10-14/h3-10,15-16,24H,1-2H3,(H2,23,25,27). The van der Waals surface area contributed by atoms with Gasteiger partial charge in [-0.2, -0.15) is 0 Å². The summed E-state index contributed by atoms with van der Waals surface area (Å²) in [6, 6.07) is 15.4. The molecule has 0 radical (unpaired) electrons. The van der Waals surface area contributed by atoms with Crippen molar-refractivity contribution in [2.75, 3.05) is 12.4 Å². The summed E-state index contributed by atoms with van der Waals surface area (Å²) in [6.45, 7) is 2.01. The van der Waals surface area contributed by atoms with E-state index in [-0.39, 0.29) is 0 Å². The summed E-state index contributed by atoms with van der Waals surface area (Å²) in [4.78, 5) is 0. The molecular weight excluding hydrogens is 493 g/mol. The Morgan fingerprint density at radius 3 is 2.19 bits per heavy atom. The fourth-order valence-corrected chi connectivity index (χ4v) is 3.10. The molecule has 0 aliphatic rings. The van der Waals surface area contributed by atoms with Crippen LogP contribution in [0.15, 0.2) is 53.0 Å². The Morgan fingerprint density at radius 2 is 1.67 bits per heavy atom. The Labute approximate surface area is 188 Å². The number of alkyl halides is 3. The fourth-order valence-electron chi connectivity index (χ4n) is 2.24. The summed E-state index contributed by atoms with van der Waals surface area (Å²) >= 11 is 27.1. The molecule has 2 atom stereocenters. The molecule has 3 N–H and O–H groups in total. The van der Waals surface area contributed by atoms with Crippen LogP contribution in [0, 0.1) is 6.92 Å². The van der Waals surface area contributed by atoms with Crippen molar-refractivity contribution in [1.82, 2.24) is 10.6 Å². The zero-order valence-corrected chi connectivity index (χ0v) is 19.3. The molecule has 2 unspecified atom stereocenters. The number of nitrogens with one attached hydrogen (secondary N) is 3. The molecule has 0 aromatic heterocycles. The van der Waals surface area contributed by atoms with Crippen LogP contribution < -0.4 is 16.0 Å². The lowest BCUT2D eigenvalue weighted by Crippen LogP contribution is -2.55. The van der Waals surface area contributed by atoms with Gasteiger partial charge in [-0.05, 0) is 49.0 Å². The number of rotatable bonds is 6. The van der Waals surface area contributed by atoms with E-state index in [9.17, 15) is 0 Å². The number of ether oxygens (including phenoxy) is 1. The summed E-state index contributed by atoms with van der Waals surface area (Å²) in [5.41, 5.74) is 2.85. The molecule has 2 aromatic rings. The van der Waals surface area contributed by atoms with Gasteiger partial charge in [0.05, 0.1) is 0 Å². The molecule has 0 bridgehead atoms. The van der Waals surface area contributed by atoms with Crippen LogP contribution in [-0.2, 0) is 4.74 Å². The minimum Gasteiger partial charge on any atom is -0.362 e. The zero-order chi connectivity index (χ0) is 20.0. The molecule has 4 nitrogen and oxygen atoms in total. The Kier molecular flexibility index (Phi) is 8.62. The summed E-state index contributed by atoms with van der Waals surface area (Å²) in [7, 11) is 1.57. The number of thiocarbonyl (C=S) groups is 1. The second-order valence-electron chi connectivity index (χ2n) is 5.77. The van der Waals surface area contributed by atoms with Gasteiger partial charge in [-0.25, -0.2) is 0 Å². The van der Waals surface area contributed by atoms with Crippen LogP contribution in [0.3, 0.4) is 0 Å². The van der Waals surface area contributed by atoms with Crippen LogP contribution >= 0.6 is 63.0 Å². The lowest BCUT2D eigenvalue weighted by Gasteiger charge is -2.31. The number of aryl methyl sites for hydroxylation is 1. The number of benzene rings is 2. The van der Waals surface area contributed by atoms with Crippen molar-refractivity contribution >= 4 is 73.8 Å². The second-order valence-corrected chi connectivity index (χ2v) is 9.47. The van der Waals surface area contributed by atoms with Crippen molar-refractivity contribution < 1.29 is 4.74 Å². The van der Waals surface area contributed by atoms with Gasteiger partial charge in [0.1, 0.15) is 12.4 Å². The molecule has 0 amide bonds. The third-order valence-electron chi connectivity index (χ3n) is 3.64. The van der Waals surface area contributed by atoms with Crippen LogP contribution in [0.5, 0.6) is 0 Å². The SMILES string of the molecule is COC(NC(NC(=S)Nc1ccc(Br)cc1)C(Cl)(Cl)Cl)c1ccc(C)cc1. The molecule has 9 heteroatoms. The van der Waals surface area contributed by atoms with E-state index in [1.807, 2.05) is 55.5 Å². The fraction of sp³-hybridized carbons (Fsp3) is 0.278. The first-order valence-electron chi connectivity index (χ1n) is 7.94. The molecule has 2 aromatic carbocycles. The third-order valence-corrected chi connectivity index (χ3v) is 5.04. The van der Waals surface area contributed by atoms with Gasteiger partial charge in [0, 0.05) is 17.3 Å². The van der Waals surface area contributed by atoms with E-state index in [2.05, 4.69) is 31.9 Å². The number of anilines is 1. The maximum atomic E-state index is 6.14. The van der Waals surface area contributed by atoms with Crippen molar-refractivity contribution in [3.05, 3.63) is 64.1 Å². The summed E-state index contributed by atoms with van der Waals surface area (Å²) in [5, 5.41) is 9.49. The first-order chi connectivity index (χ1) is 12.7. The Hall–Kier alpha value is -0.600. The molecular formula is C18H19BrCl3N3OS. The molecule has 0 saturated heterocycles. The number of methoxy groups -OCH3 is 1. The summed E-state index contributed by atoms with van der Waals surface area (Å²) in [5.74, 6) is 0. The largest absolute Gasteiger partial charge is 0.362 e. The molecule has 0 heterocycles. The monoisotopic (exact) mass is 509 g/mol. The average Bonchev–Trinajstić information content (AvgIpc) is 2.60. The van der Waals surface area contributed by atoms with E-state index >= 15 is 0 Å². The van der Waals surface area contributed by atoms with Crippen molar-refractivity contribution in [1.29, 1.82) is 0 Å². The lowest BCUT2D eigenvalue weighted by atomic mass is 10.1. The molecule has 0 fully saturated rings. The first-order valence-corrected chi connectivity index (χ1v) is 10.3. The molecule has 0 aliphatic carbocycles. The predicted molar refractivity (Wildman–Crippen MR) is 122 cm³/mol. The van der Waals surface area contributed by atoms with Gasteiger partial charge in [-0.15, -0.1) is 0 Å². The van der Waals surface area contributed by atoms with Crippen LogP contribution in [0.1, 0.15) is 17.4 Å². The van der Waals surface area contributed by atoms with Gasteiger partial charge in [0.25, 0.3) is 0 Å². The second kappa shape index (κ2) is 10.3. The van der Waals surface area contributed by atoms with Gasteiger partial charge >= 0.3 is 0 Å². The van der Waals surface area contributed by atoms with E-state index in [0.717, 1.165) is 21.3 Å². The molecule has 2 rings (SSSR count). The Balaban J connectivity index is 2.08. The van der Waals surface area contributed by atoms with Crippen molar-refractivity contribution in [3.63, 3.8) is 0 Å². The number of hydrogen-bond acceptors (Lipinski definition) is 3. The van der Waals surface area contributed by atoms with E-state index in [1.54, 1.807) is 7.11 Å². The topological polar surface area (TPSA) is 45.3 Å². The molecule has 0 spiro atoms. The van der Waals surface area contributed by atoms with E-state index in [4.69, 9.17) is 51.8 Å². The molecule has 0 saturated carbocycles. The van der Waals surface area contributed by atoms with Gasteiger partial charge in [-0.1, -0.05) is 80.6 Å². The highest BCUT2D eigenvalue weighted by Gasteiger charge is 2.35. The van der Waals surface area contributed by atoms with Gasteiger partial charge in [0.2, 0.25) is 3.79 Å². The molecule has 146 valence electrons. The van der Waals surface area contributed by atoms with E-state index < -0.39 is 16.2 Å². The van der Waals surface area contributed by atoms with Crippen LogP contribution in [0.4, 0.5) is 5.69 Å². The first kappa shape index (κ1) is 22.7. The van der Waals surface area contributed by atoms with Crippen molar-refractivity contribution in [2.24, 2.45) is 0 Å². The molecule has 0 aliphatic heterocycles. The van der Waals surface area contributed by atoms with Crippen LogP contribution in [0.2, 0.25) is 0 Å². The van der Waals surface area contributed by atoms with Crippen LogP contribution in [-0.4, -0.2) is 22.2 Å². The smallest absolute Gasteiger partial charge is 0.223 e. The summed E-state index contributed by atoms with van der Waals surface area (Å²) in [6.07, 6.45) is -1.29. The minimum atomic E-state index is -1.67. The average molecular weight is 512 g/mol. The van der Waals surface area contributed by atoms with Gasteiger partial charge < -0.3 is 15.4 Å². The number of hydrogen-bond donors (Lipinski definition) is 3. The quantitative estimate of drug-likeness (QED) is 0.265. The zero-order valence-electron chi connectivity index (χ0n) is 14.6. The predicted octanol–water partition coefficient (Wildman–Crippen LogP) is 5.68. The Morgan fingerprint density at radius 1 is 1.07 bits per heavy atom. The third kappa shape index (κ3) is 7.38. The van der Waals surface area contributed by atoms with E-state index in [0.29, 0.717) is 5.11 Å². The van der Waals surface area contributed by atoms with Gasteiger partial charge in [-0.3, -0.25) is 5.32 Å². The lowest BCUT2D eigenvalue weighted by molar-refractivity contribution is 0.0611. The van der Waals surface area contributed by atoms with Gasteiger partial charge in [0.15, 0.2) is 5.11 Å². The van der Waals surface area contributed by atoms with E-state index in [1.165, 1.54) is 0 Å². The maximum absolute atomic E-state index is 6.14.